The highest BCUT2D eigenvalue weighted by molar-refractivity contribution is 7.96. The smallest absolute Gasteiger partial charge is 0.354 e. The molecule has 4 heterocycles. The van der Waals surface area contributed by atoms with Crippen molar-refractivity contribution in [3.63, 3.8) is 0 Å². The fourth-order valence-electron chi connectivity index (χ4n) is 6.55. The summed E-state index contributed by atoms with van der Waals surface area (Å²) in [4.78, 5) is 24.7. The van der Waals surface area contributed by atoms with Gasteiger partial charge in [-0.15, -0.1) is 0 Å². The van der Waals surface area contributed by atoms with Crippen molar-refractivity contribution in [2.24, 2.45) is 14.1 Å². The molecule has 4 aromatic rings. The van der Waals surface area contributed by atoms with Gasteiger partial charge < -0.3 is 23.0 Å². The fourth-order valence-corrected chi connectivity index (χ4v) is 7.11. The Labute approximate surface area is 287 Å². The molecule has 0 spiro atoms. The average molecular weight is 680 g/mol. The van der Waals surface area contributed by atoms with Gasteiger partial charge in [-0.3, -0.25) is 9.48 Å². The van der Waals surface area contributed by atoms with E-state index in [1.807, 2.05) is 16.3 Å². The average Bonchev–Trinajstić information content (AvgIpc) is 3.69. The van der Waals surface area contributed by atoms with E-state index in [-0.39, 0.29) is 30.2 Å². The van der Waals surface area contributed by atoms with Crippen molar-refractivity contribution < 1.29 is 28.0 Å². The SMILES string of the molecule is CCc1ccc2c(CCCOSC(C)(C)C)c(C(=O)OC)n(C)c2c1-c1c(COCc2cc(C=O)n(C)n2)nn(C2CCCCO2)c1C. The Bertz CT molecular complexity index is 1760. The van der Waals surface area contributed by atoms with Gasteiger partial charge in [-0.1, -0.05) is 19.1 Å². The second-order valence-corrected chi connectivity index (χ2v) is 14.9. The first-order valence-corrected chi connectivity index (χ1v) is 17.5. The normalized spacial score (nSPS) is 15.4. The number of esters is 1. The van der Waals surface area contributed by atoms with E-state index in [1.54, 1.807) is 17.8 Å². The molecule has 0 N–H and O–H groups in total. The number of carbonyl (C=O) groups excluding carboxylic acids is 2. The van der Waals surface area contributed by atoms with Crippen molar-refractivity contribution in [1.29, 1.82) is 0 Å². The van der Waals surface area contributed by atoms with Gasteiger partial charge in [-0.25, -0.2) is 9.48 Å². The molecule has 1 aromatic carbocycles. The molecule has 12 heteroatoms. The number of nitrogens with zero attached hydrogens (tertiary/aromatic N) is 5. The molecule has 0 aliphatic carbocycles. The van der Waals surface area contributed by atoms with Crippen molar-refractivity contribution in [1.82, 2.24) is 24.1 Å². The molecule has 1 saturated heterocycles. The Morgan fingerprint density at radius 2 is 1.94 bits per heavy atom. The number of aromatic nitrogens is 5. The highest BCUT2D eigenvalue weighted by Gasteiger charge is 2.30. The van der Waals surface area contributed by atoms with Crippen LogP contribution < -0.4 is 0 Å². The second kappa shape index (κ2) is 15.4. The number of hydrogen-bond donors (Lipinski definition) is 0. The number of fused-ring (bicyclic) bond motifs is 1. The number of aryl methyl sites for hydroxylation is 4. The zero-order valence-electron chi connectivity index (χ0n) is 29.6. The van der Waals surface area contributed by atoms with Crippen molar-refractivity contribution in [2.75, 3.05) is 20.3 Å². The molecular formula is C36H49N5O6S. The van der Waals surface area contributed by atoms with E-state index in [1.165, 1.54) is 19.2 Å². The van der Waals surface area contributed by atoms with E-state index in [0.29, 0.717) is 36.7 Å². The fraction of sp³-hybridized carbons (Fsp3) is 0.556. The number of hydrogen-bond acceptors (Lipinski definition) is 9. The van der Waals surface area contributed by atoms with Crippen LogP contribution in [0.1, 0.15) is 109 Å². The zero-order valence-corrected chi connectivity index (χ0v) is 30.4. The molecule has 0 saturated carbocycles. The van der Waals surface area contributed by atoms with Crippen LogP contribution in [0.5, 0.6) is 0 Å². The molecule has 0 amide bonds. The Hall–Kier alpha value is -3.45. The molecule has 3 aromatic heterocycles. The van der Waals surface area contributed by atoms with Gasteiger partial charge in [0, 0.05) is 47.7 Å². The summed E-state index contributed by atoms with van der Waals surface area (Å²) in [6, 6.07) is 6.04. The maximum Gasteiger partial charge on any atom is 0.354 e. The number of benzene rings is 1. The molecule has 0 bridgehead atoms. The molecular weight excluding hydrogens is 630 g/mol. The van der Waals surface area contributed by atoms with Gasteiger partial charge in [0.05, 0.1) is 43.8 Å². The lowest BCUT2D eigenvalue weighted by molar-refractivity contribution is -0.0411. The Balaban J connectivity index is 1.61. The Morgan fingerprint density at radius 1 is 1.15 bits per heavy atom. The minimum absolute atomic E-state index is 0.00449. The van der Waals surface area contributed by atoms with Crippen LogP contribution in [0.3, 0.4) is 0 Å². The van der Waals surface area contributed by atoms with Crippen molar-refractivity contribution >= 4 is 35.2 Å². The van der Waals surface area contributed by atoms with E-state index in [0.717, 1.165) is 82.9 Å². The summed E-state index contributed by atoms with van der Waals surface area (Å²) in [5.74, 6) is -0.366. The molecule has 1 unspecified atom stereocenters. The van der Waals surface area contributed by atoms with Crippen LogP contribution >= 0.6 is 12.0 Å². The minimum atomic E-state index is -0.366. The third kappa shape index (κ3) is 7.56. The maximum atomic E-state index is 13.4. The Morgan fingerprint density at radius 3 is 2.58 bits per heavy atom. The molecule has 0 radical (unpaired) electrons. The van der Waals surface area contributed by atoms with Crippen molar-refractivity contribution in [2.45, 2.75) is 97.3 Å². The molecule has 260 valence electrons. The van der Waals surface area contributed by atoms with Gasteiger partial charge in [0.1, 0.15) is 17.6 Å². The third-order valence-corrected chi connectivity index (χ3v) is 9.53. The number of carbonyl (C=O) groups is 2. The van der Waals surface area contributed by atoms with Gasteiger partial charge in [-0.2, -0.15) is 10.2 Å². The topological polar surface area (TPSA) is 112 Å². The predicted octanol–water partition coefficient (Wildman–Crippen LogP) is 7.06. The standard InChI is InChI=1S/C36H49N5O6S/c1-9-24-15-16-28-27(13-12-18-47-48-36(3,4)5)34(35(43)44-8)39(6)33(28)32(24)31-23(2)41(30-14-10-11-17-46-30)38-29(31)22-45-21-25-19-26(20-42)40(7)37-25/h15-16,19-20,30H,9-14,17-18,21-22H2,1-8H3. The number of ether oxygens (including phenoxy) is 3. The molecule has 48 heavy (non-hydrogen) atoms. The first kappa shape index (κ1) is 35.8. The zero-order chi connectivity index (χ0) is 34.6. The summed E-state index contributed by atoms with van der Waals surface area (Å²) in [5, 5.41) is 10.5. The second-order valence-electron chi connectivity index (χ2n) is 13.3. The van der Waals surface area contributed by atoms with Crippen molar-refractivity contribution in [3.8, 4) is 11.1 Å². The van der Waals surface area contributed by atoms with Crippen LogP contribution in [0.25, 0.3) is 22.0 Å². The third-order valence-electron chi connectivity index (χ3n) is 8.75. The molecule has 1 aliphatic rings. The lowest BCUT2D eigenvalue weighted by Gasteiger charge is -2.24. The summed E-state index contributed by atoms with van der Waals surface area (Å²) in [6.45, 7) is 12.3. The van der Waals surface area contributed by atoms with Gasteiger partial charge >= 0.3 is 5.97 Å². The molecule has 11 nitrogen and oxygen atoms in total. The van der Waals surface area contributed by atoms with Crippen LogP contribution in [0.2, 0.25) is 0 Å². The van der Waals surface area contributed by atoms with Crippen LogP contribution in [-0.2, 0) is 58.5 Å². The van der Waals surface area contributed by atoms with E-state index >= 15 is 0 Å². The van der Waals surface area contributed by atoms with E-state index in [4.69, 9.17) is 23.5 Å². The molecule has 1 atom stereocenters. The summed E-state index contributed by atoms with van der Waals surface area (Å²) in [6.07, 6.45) is 5.80. The summed E-state index contributed by atoms with van der Waals surface area (Å²) in [5.41, 5.74) is 8.55. The van der Waals surface area contributed by atoms with E-state index in [2.05, 4.69) is 51.9 Å². The van der Waals surface area contributed by atoms with Crippen LogP contribution in [0.15, 0.2) is 18.2 Å². The van der Waals surface area contributed by atoms with Crippen LogP contribution in [0.4, 0.5) is 0 Å². The van der Waals surface area contributed by atoms with Gasteiger partial charge in [0.25, 0.3) is 0 Å². The molecule has 1 aliphatic heterocycles. The predicted molar refractivity (Wildman–Crippen MR) is 187 cm³/mol. The summed E-state index contributed by atoms with van der Waals surface area (Å²) < 4.78 is 29.2. The first-order valence-electron chi connectivity index (χ1n) is 16.8. The van der Waals surface area contributed by atoms with Crippen molar-refractivity contribution in [3.05, 3.63) is 57.8 Å². The van der Waals surface area contributed by atoms with Gasteiger partial charge in [0.2, 0.25) is 0 Å². The van der Waals surface area contributed by atoms with Gasteiger partial charge in [0.15, 0.2) is 6.29 Å². The molecule has 5 rings (SSSR count). The summed E-state index contributed by atoms with van der Waals surface area (Å²) in [7, 11) is 5.11. The van der Waals surface area contributed by atoms with Crippen LogP contribution in [-0.4, -0.2) is 61.5 Å². The maximum absolute atomic E-state index is 13.4. The monoisotopic (exact) mass is 679 g/mol. The highest BCUT2D eigenvalue weighted by Crippen LogP contribution is 2.42. The Kier molecular flexibility index (Phi) is 11.5. The number of rotatable bonds is 14. The minimum Gasteiger partial charge on any atom is -0.464 e. The lowest BCUT2D eigenvalue weighted by atomic mass is 9.92. The van der Waals surface area contributed by atoms with E-state index < -0.39 is 0 Å². The number of aldehydes is 1. The van der Waals surface area contributed by atoms with Crippen LogP contribution in [0, 0.1) is 6.92 Å². The van der Waals surface area contributed by atoms with E-state index in [9.17, 15) is 9.59 Å². The largest absolute Gasteiger partial charge is 0.464 e. The lowest BCUT2D eigenvalue weighted by Crippen LogP contribution is -2.20. The summed E-state index contributed by atoms with van der Waals surface area (Å²) >= 11 is 1.47. The number of methoxy groups -OCH3 is 1. The van der Waals surface area contributed by atoms with Gasteiger partial charge in [-0.05, 0) is 95.5 Å². The highest BCUT2D eigenvalue weighted by atomic mass is 32.2. The quantitative estimate of drug-likeness (QED) is 0.0599. The molecule has 1 fully saturated rings. The first-order chi connectivity index (χ1) is 23.0.